The zero-order valence-electron chi connectivity index (χ0n) is 12.8. The Morgan fingerprint density at radius 2 is 2.04 bits per heavy atom. The van der Waals surface area contributed by atoms with Gasteiger partial charge in [0.1, 0.15) is 12.8 Å². The van der Waals surface area contributed by atoms with Crippen molar-refractivity contribution in [3.05, 3.63) is 30.3 Å². The predicted octanol–water partition coefficient (Wildman–Crippen LogP) is 1.37. The molecule has 2 N–H and O–H groups in total. The van der Waals surface area contributed by atoms with Crippen molar-refractivity contribution < 1.29 is 24.4 Å². The van der Waals surface area contributed by atoms with Gasteiger partial charge in [0.05, 0.1) is 11.4 Å². The standard InChI is InChI=1S/C14H16N4O5/c1-9-14(10(2)16-22-3,23-17-13(20)21)12(19)18(15-9)11-7-5-4-6-8-11/h4-8,17H,1-3H3,(H,20,21). The molecule has 1 aliphatic rings. The molecule has 0 fully saturated rings. The van der Waals surface area contributed by atoms with Gasteiger partial charge < -0.3 is 9.94 Å². The van der Waals surface area contributed by atoms with E-state index in [1.165, 1.54) is 14.0 Å². The second-order valence-electron chi connectivity index (χ2n) is 4.69. The fourth-order valence-electron chi connectivity index (χ4n) is 2.24. The van der Waals surface area contributed by atoms with Crippen LogP contribution >= 0.6 is 0 Å². The average Bonchev–Trinajstić information content (AvgIpc) is 2.78. The van der Waals surface area contributed by atoms with Gasteiger partial charge in [0.2, 0.25) is 0 Å². The number of anilines is 1. The molecule has 1 aromatic rings. The molecule has 9 nitrogen and oxygen atoms in total. The van der Waals surface area contributed by atoms with Crippen LogP contribution in [0.3, 0.4) is 0 Å². The van der Waals surface area contributed by atoms with Gasteiger partial charge in [0.15, 0.2) is 0 Å². The second kappa shape index (κ2) is 6.44. The molecule has 1 atom stereocenters. The first-order chi connectivity index (χ1) is 10.9. The minimum atomic E-state index is -1.80. The molecule has 1 aliphatic heterocycles. The summed E-state index contributed by atoms with van der Waals surface area (Å²) in [5, 5.41) is 17.8. The van der Waals surface area contributed by atoms with Crippen LogP contribution in [0.15, 0.2) is 40.6 Å². The largest absolute Gasteiger partial charge is 0.464 e. The third-order valence-electron chi connectivity index (χ3n) is 3.28. The summed E-state index contributed by atoms with van der Waals surface area (Å²) in [6, 6.07) is 8.68. The Bertz CT molecular complexity index is 673. The maximum Gasteiger partial charge on any atom is 0.428 e. The highest BCUT2D eigenvalue weighted by Crippen LogP contribution is 2.30. The Labute approximate surface area is 132 Å². The van der Waals surface area contributed by atoms with E-state index in [0.717, 1.165) is 5.01 Å². The Morgan fingerprint density at radius 3 is 2.61 bits per heavy atom. The summed E-state index contributed by atoms with van der Waals surface area (Å²) in [7, 11) is 1.31. The third kappa shape index (κ3) is 2.86. The van der Waals surface area contributed by atoms with E-state index in [1.54, 1.807) is 42.7 Å². The average molecular weight is 320 g/mol. The maximum atomic E-state index is 12.9. The predicted molar refractivity (Wildman–Crippen MR) is 82.1 cm³/mol. The maximum absolute atomic E-state index is 12.9. The van der Waals surface area contributed by atoms with Gasteiger partial charge in [-0.25, -0.2) is 9.63 Å². The topological polar surface area (TPSA) is 113 Å². The quantitative estimate of drug-likeness (QED) is 0.628. The first kappa shape index (κ1) is 16.4. The summed E-state index contributed by atoms with van der Waals surface area (Å²) < 4.78 is 0. The molecule has 2 rings (SSSR count). The van der Waals surface area contributed by atoms with Gasteiger partial charge in [-0.2, -0.15) is 15.6 Å². The van der Waals surface area contributed by atoms with Crippen LogP contribution in [-0.4, -0.2) is 41.2 Å². The number of nitrogens with one attached hydrogen (secondary N) is 1. The summed E-state index contributed by atoms with van der Waals surface area (Å²) in [4.78, 5) is 33.5. The van der Waals surface area contributed by atoms with Crippen molar-refractivity contribution in [2.75, 3.05) is 12.1 Å². The molecular weight excluding hydrogens is 304 g/mol. The van der Waals surface area contributed by atoms with Gasteiger partial charge in [-0.1, -0.05) is 23.4 Å². The first-order valence-electron chi connectivity index (χ1n) is 6.64. The van der Waals surface area contributed by atoms with Crippen LogP contribution in [0, 0.1) is 0 Å². The van der Waals surface area contributed by atoms with E-state index in [-0.39, 0.29) is 11.4 Å². The Hall–Kier alpha value is -2.94. The van der Waals surface area contributed by atoms with Gasteiger partial charge in [0, 0.05) is 0 Å². The van der Waals surface area contributed by atoms with E-state index >= 15 is 0 Å². The monoisotopic (exact) mass is 320 g/mol. The van der Waals surface area contributed by atoms with Gasteiger partial charge >= 0.3 is 6.09 Å². The molecule has 1 aromatic carbocycles. The number of carboxylic acid groups (broad SMARTS) is 1. The van der Waals surface area contributed by atoms with Crippen LogP contribution < -0.4 is 10.5 Å². The number of rotatable bonds is 5. The van der Waals surface area contributed by atoms with Gasteiger partial charge in [-0.3, -0.25) is 4.79 Å². The fourth-order valence-corrected chi connectivity index (χ4v) is 2.24. The van der Waals surface area contributed by atoms with E-state index in [4.69, 9.17) is 14.8 Å². The van der Waals surface area contributed by atoms with Crippen LogP contribution in [0.2, 0.25) is 0 Å². The summed E-state index contributed by atoms with van der Waals surface area (Å²) in [6.45, 7) is 3.03. The van der Waals surface area contributed by atoms with E-state index in [1.807, 2.05) is 0 Å². The Kier molecular flexibility index (Phi) is 4.60. The molecule has 0 radical (unpaired) electrons. The number of benzene rings is 1. The molecular formula is C14H16N4O5. The molecule has 1 heterocycles. The number of hydrogen-bond donors (Lipinski definition) is 2. The number of carbonyl (C=O) groups is 2. The second-order valence-corrected chi connectivity index (χ2v) is 4.69. The molecule has 2 amide bonds. The smallest absolute Gasteiger partial charge is 0.428 e. The lowest BCUT2D eigenvalue weighted by atomic mass is 9.93. The molecule has 122 valence electrons. The Morgan fingerprint density at radius 1 is 1.39 bits per heavy atom. The zero-order chi connectivity index (χ0) is 17.0. The summed E-state index contributed by atoms with van der Waals surface area (Å²) >= 11 is 0. The Balaban J connectivity index is 2.46. The molecule has 0 saturated carbocycles. The van der Waals surface area contributed by atoms with Gasteiger partial charge in [-0.05, 0) is 26.0 Å². The summed E-state index contributed by atoms with van der Waals surface area (Å²) in [5.41, 5.74) is 0.798. The molecule has 0 aliphatic carbocycles. The van der Waals surface area contributed by atoms with Crippen LogP contribution in [-0.2, 0) is 14.5 Å². The van der Waals surface area contributed by atoms with Gasteiger partial charge in [-0.15, -0.1) is 0 Å². The van der Waals surface area contributed by atoms with Crippen molar-refractivity contribution in [2.45, 2.75) is 19.4 Å². The molecule has 0 saturated heterocycles. The van der Waals surface area contributed by atoms with Crippen molar-refractivity contribution in [3.8, 4) is 0 Å². The van der Waals surface area contributed by atoms with Crippen molar-refractivity contribution in [3.63, 3.8) is 0 Å². The van der Waals surface area contributed by atoms with Crippen molar-refractivity contribution in [1.82, 2.24) is 5.48 Å². The van der Waals surface area contributed by atoms with Crippen LogP contribution in [0.25, 0.3) is 0 Å². The lowest BCUT2D eigenvalue weighted by molar-refractivity contribution is -0.132. The third-order valence-corrected chi connectivity index (χ3v) is 3.28. The lowest BCUT2D eigenvalue weighted by Gasteiger charge is -2.26. The number of hydroxylamine groups is 1. The zero-order valence-corrected chi connectivity index (χ0v) is 12.8. The van der Waals surface area contributed by atoms with Crippen LogP contribution in [0.4, 0.5) is 10.5 Å². The highest BCUT2D eigenvalue weighted by Gasteiger charge is 2.55. The fraction of sp³-hybridized carbons (Fsp3) is 0.286. The highest BCUT2D eigenvalue weighted by molar-refractivity contribution is 6.35. The lowest BCUT2D eigenvalue weighted by Crippen LogP contribution is -2.57. The van der Waals surface area contributed by atoms with Crippen LogP contribution in [0.5, 0.6) is 0 Å². The minimum absolute atomic E-state index is 0.110. The summed E-state index contributed by atoms with van der Waals surface area (Å²) in [5.74, 6) is -0.603. The number of nitrogens with zero attached hydrogens (tertiary/aromatic N) is 3. The van der Waals surface area contributed by atoms with E-state index in [0.29, 0.717) is 5.69 Å². The van der Waals surface area contributed by atoms with Crippen molar-refractivity contribution in [1.29, 1.82) is 0 Å². The van der Waals surface area contributed by atoms with Crippen LogP contribution in [0.1, 0.15) is 13.8 Å². The number of hydrogen-bond acceptors (Lipinski definition) is 6. The molecule has 0 bridgehead atoms. The van der Waals surface area contributed by atoms with Crippen molar-refractivity contribution >= 4 is 29.1 Å². The molecule has 0 spiro atoms. The SMILES string of the molecule is CON=C(C)C1(ONC(=O)O)C(=O)N(c2ccccc2)N=C1C. The number of hydrazone groups is 1. The number of para-hydroxylation sites is 1. The summed E-state index contributed by atoms with van der Waals surface area (Å²) in [6.07, 6.45) is -1.45. The van der Waals surface area contributed by atoms with E-state index < -0.39 is 17.6 Å². The minimum Gasteiger partial charge on any atom is -0.464 e. The molecule has 9 heteroatoms. The highest BCUT2D eigenvalue weighted by atomic mass is 16.7. The number of carbonyl (C=O) groups excluding carboxylic acids is 1. The van der Waals surface area contributed by atoms with Crippen molar-refractivity contribution in [2.24, 2.45) is 10.3 Å². The molecule has 0 aromatic heterocycles. The molecule has 1 unspecified atom stereocenters. The first-order valence-corrected chi connectivity index (χ1v) is 6.64. The number of oxime groups is 1. The normalized spacial score (nSPS) is 21.2. The molecule has 23 heavy (non-hydrogen) atoms. The van der Waals surface area contributed by atoms with E-state index in [2.05, 4.69) is 10.3 Å². The van der Waals surface area contributed by atoms with Gasteiger partial charge in [0.25, 0.3) is 11.5 Å². The number of amides is 2. The van der Waals surface area contributed by atoms with E-state index in [9.17, 15) is 9.59 Å².